The molecule has 3 rings (SSSR count). The number of allylic oxidation sites excluding steroid dienone is 2. The van der Waals surface area contributed by atoms with Gasteiger partial charge in [0.1, 0.15) is 17.3 Å². The molecule has 33 heavy (non-hydrogen) atoms. The highest BCUT2D eigenvalue weighted by atomic mass is 19.1. The first kappa shape index (κ1) is 24.2. The number of halogens is 1. The van der Waals surface area contributed by atoms with Gasteiger partial charge in [-0.05, 0) is 65.2 Å². The SMILES string of the molecule is C=C(C)/C(C(C(=O)NCc1cc(-c2ccccc2F)no1)=C(C)C)=C(\N=C/C)NC1(C)CC1. The first-order valence-corrected chi connectivity index (χ1v) is 11.0. The predicted molar refractivity (Wildman–Crippen MR) is 129 cm³/mol. The molecule has 0 atom stereocenters. The lowest BCUT2D eigenvalue weighted by atomic mass is 9.95. The van der Waals surface area contributed by atoms with Crippen molar-refractivity contribution < 1.29 is 13.7 Å². The largest absolute Gasteiger partial charge is 0.364 e. The molecule has 2 N–H and O–H groups in total. The number of aliphatic imine (C=N–C) groups is 1. The predicted octanol–water partition coefficient (Wildman–Crippen LogP) is 5.45. The van der Waals surface area contributed by atoms with Gasteiger partial charge in [-0.3, -0.25) is 4.79 Å². The Balaban J connectivity index is 1.84. The lowest BCUT2D eigenvalue weighted by Crippen LogP contribution is -2.31. The van der Waals surface area contributed by atoms with Crippen molar-refractivity contribution in [2.24, 2.45) is 4.99 Å². The van der Waals surface area contributed by atoms with E-state index in [9.17, 15) is 9.18 Å². The van der Waals surface area contributed by atoms with Crippen LogP contribution in [0.1, 0.15) is 53.2 Å². The molecule has 1 aromatic heterocycles. The highest BCUT2D eigenvalue weighted by Gasteiger charge is 2.38. The molecule has 1 heterocycles. The van der Waals surface area contributed by atoms with E-state index < -0.39 is 0 Å². The highest BCUT2D eigenvalue weighted by molar-refractivity contribution is 6.00. The van der Waals surface area contributed by atoms with Gasteiger partial charge in [0.2, 0.25) is 0 Å². The number of rotatable bonds is 9. The van der Waals surface area contributed by atoms with Crippen LogP contribution in [0.25, 0.3) is 11.3 Å². The quantitative estimate of drug-likeness (QED) is 0.302. The van der Waals surface area contributed by atoms with Gasteiger partial charge in [-0.15, -0.1) is 0 Å². The average molecular weight is 451 g/mol. The van der Waals surface area contributed by atoms with Crippen LogP contribution in [-0.4, -0.2) is 22.8 Å². The molecular weight excluding hydrogens is 419 g/mol. The maximum atomic E-state index is 14.0. The third kappa shape index (κ3) is 5.86. The summed E-state index contributed by atoms with van der Waals surface area (Å²) in [5.74, 6) is 0.401. The van der Waals surface area contributed by atoms with E-state index in [1.165, 1.54) is 6.07 Å². The molecule has 0 unspecified atom stereocenters. The zero-order valence-electron chi connectivity index (χ0n) is 19.9. The van der Waals surface area contributed by atoms with Crippen LogP contribution in [0.4, 0.5) is 4.39 Å². The Morgan fingerprint density at radius 2 is 1.97 bits per heavy atom. The summed E-state index contributed by atoms with van der Waals surface area (Å²) in [5, 5.41) is 10.3. The van der Waals surface area contributed by atoms with Crippen LogP contribution in [0.15, 0.2) is 74.5 Å². The third-order valence-corrected chi connectivity index (χ3v) is 5.45. The first-order chi connectivity index (χ1) is 15.6. The van der Waals surface area contributed by atoms with Crippen LogP contribution in [0.5, 0.6) is 0 Å². The normalized spacial score (nSPS) is 15.1. The molecule has 7 heteroatoms. The van der Waals surface area contributed by atoms with Crippen LogP contribution in [0, 0.1) is 5.82 Å². The van der Waals surface area contributed by atoms with E-state index in [1.807, 2.05) is 27.7 Å². The molecule has 6 nitrogen and oxygen atoms in total. The van der Waals surface area contributed by atoms with Gasteiger partial charge in [0.15, 0.2) is 5.76 Å². The van der Waals surface area contributed by atoms with Gasteiger partial charge < -0.3 is 15.2 Å². The molecule has 1 aliphatic carbocycles. The van der Waals surface area contributed by atoms with E-state index >= 15 is 0 Å². The highest BCUT2D eigenvalue weighted by Crippen LogP contribution is 2.37. The standard InChI is InChI=1S/C26H31FN4O2/c1-7-28-24(30-26(6)12-13-26)22(16(2)3)23(17(4)5)25(32)29-15-18-14-21(31-33-18)19-10-8-9-11-20(19)27/h7-11,14,30H,2,12-13,15H2,1,3-6H3,(H,29,32)/b24-22-,28-7-. The average Bonchev–Trinajstić information content (AvgIpc) is 3.29. The second-order valence-corrected chi connectivity index (χ2v) is 8.79. The fraction of sp³-hybridized carbons (Fsp3) is 0.346. The number of hydrogen-bond acceptors (Lipinski definition) is 5. The molecule has 0 spiro atoms. The number of amides is 1. The fourth-order valence-corrected chi connectivity index (χ4v) is 3.46. The Kier molecular flexibility index (Phi) is 7.31. The van der Waals surface area contributed by atoms with Crippen LogP contribution in [-0.2, 0) is 11.3 Å². The van der Waals surface area contributed by atoms with Crippen molar-refractivity contribution in [2.45, 2.75) is 59.5 Å². The van der Waals surface area contributed by atoms with E-state index in [1.54, 1.807) is 30.5 Å². The fourth-order valence-electron chi connectivity index (χ4n) is 3.46. The maximum absolute atomic E-state index is 14.0. The topological polar surface area (TPSA) is 79.5 Å². The van der Waals surface area contributed by atoms with Gasteiger partial charge in [0.05, 0.1) is 6.54 Å². The van der Waals surface area contributed by atoms with Gasteiger partial charge in [-0.25, -0.2) is 9.38 Å². The Bertz CT molecular complexity index is 1150. The number of benzene rings is 1. The zero-order valence-corrected chi connectivity index (χ0v) is 19.9. The minimum absolute atomic E-state index is 0.0191. The van der Waals surface area contributed by atoms with Gasteiger partial charge in [-0.1, -0.05) is 29.4 Å². The summed E-state index contributed by atoms with van der Waals surface area (Å²) in [6.45, 7) is 13.8. The molecule has 1 fully saturated rings. The number of nitrogens with one attached hydrogen (secondary N) is 2. The lowest BCUT2D eigenvalue weighted by Gasteiger charge is -2.21. The molecule has 1 aromatic carbocycles. The lowest BCUT2D eigenvalue weighted by molar-refractivity contribution is -0.117. The number of carbonyl (C=O) groups excluding carboxylic acids is 1. The van der Waals surface area contributed by atoms with E-state index in [2.05, 4.69) is 34.3 Å². The molecule has 1 amide bonds. The summed E-state index contributed by atoms with van der Waals surface area (Å²) in [6, 6.07) is 7.96. The summed E-state index contributed by atoms with van der Waals surface area (Å²) in [5.41, 5.74) is 3.47. The second kappa shape index (κ2) is 9.98. The van der Waals surface area contributed by atoms with Gasteiger partial charge in [0, 0.05) is 34.5 Å². The number of aromatic nitrogens is 1. The van der Waals surface area contributed by atoms with Crippen LogP contribution >= 0.6 is 0 Å². The van der Waals surface area contributed by atoms with Crippen LogP contribution < -0.4 is 10.6 Å². The Morgan fingerprint density at radius 3 is 2.55 bits per heavy atom. The molecule has 0 radical (unpaired) electrons. The molecular formula is C26H31FN4O2. The summed E-state index contributed by atoms with van der Waals surface area (Å²) in [4.78, 5) is 17.8. The van der Waals surface area contributed by atoms with Crippen molar-refractivity contribution in [3.05, 3.63) is 76.6 Å². The van der Waals surface area contributed by atoms with Crippen molar-refractivity contribution in [2.75, 3.05) is 0 Å². The third-order valence-electron chi connectivity index (χ3n) is 5.45. The Hall–Kier alpha value is -3.48. The number of hydrogen-bond donors (Lipinski definition) is 2. The zero-order chi connectivity index (χ0) is 24.2. The summed E-state index contributed by atoms with van der Waals surface area (Å²) in [7, 11) is 0. The minimum Gasteiger partial charge on any atom is -0.364 e. The summed E-state index contributed by atoms with van der Waals surface area (Å²) in [6.07, 6.45) is 3.80. The molecule has 1 saturated carbocycles. The summed E-state index contributed by atoms with van der Waals surface area (Å²) >= 11 is 0. The van der Waals surface area contributed by atoms with E-state index in [0.29, 0.717) is 34.0 Å². The Morgan fingerprint density at radius 1 is 1.27 bits per heavy atom. The number of carbonyl (C=O) groups is 1. The van der Waals surface area contributed by atoms with Crippen molar-refractivity contribution >= 4 is 12.1 Å². The molecule has 0 aliphatic heterocycles. The van der Waals surface area contributed by atoms with E-state index in [-0.39, 0.29) is 23.8 Å². The van der Waals surface area contributed by atoms with Crippen LogP contribution in [0.2, 0.25) is 0 Å². The Labute approximate surface area is 194 Å². The first-order valence-electron chi connectivity index (χ1n) is 11.0. The van der Waals surface area contributed by atoms with Crippen molar-refractivity contribution in [1.29, 1.82) is 0 Å². The van der Waals surface area contributed by atoms with Gasteiger partial charge in [0.25, 0.3) is 5.91 Å². The molecule has 0 saturated heterocycles. The van der Waals surface area contributed by atoms with Gasteiger partial charge >= 0.3 is 0 Å². The van der Waals surface area contributed by atoms with E-state index in [0.717, 1.165) is 24.0 Å². The minimum atomic E-state index is -0.384. The smallest absolute Gasteiger partial charge is 0.252 e. The molecule has 0 bridgehead atoms. The van der Waals surface area contributed by atoms with Crippen molar-refractivity contribution in [3.63, 3.8) is 0 Å². The van der Waals surface area contributed by atoms with E-state index in [4.69, 9.17) is 4.52 Å². The number of nitrogens with zero attached hydrogens (tertiary/aromatic N) is 2. The van der Waals surface area contributed by atoms with Crippen LogP contribution in [0.3, 0.4) is 0 Å². The van der Waals surface area contributed by atoms with Gasteiger partial charge in [-0.2, -0.15) is 0 Å². The second-order valence-electron chi connectivity index (χ2n) is 8.79. The molecule has 1 aliphatic rings. The van der Waals surface area contributed by atoms with Crippen molar-refractivity contribution in [3.8, 4) is 11.3 Å². The maximum Gasteiger partial charge on any atom is 0.252 e. The monoisotopic (exact) mass is 450 g/mol. The van der Waals surface area contributed by atoms with Crippen molar-refractivity contribution in [1.82, 2.24) is 15.8 Å². The summed E-state index contributed by atoms with van der Waals surface area (Å²) < 4.78 is 19.3. The molecule has 174 valence electrons. The molecule has 2 aromatic rings.